The highest BCUT2D eigenvalue weighted by molar-refractivity contribution is 8.18. The lowest BCUT2D eigenvalue weighted by atomic mass is 10.1. The summed E-state index contributed by atoms with van der Waals surface area (Å²) in [6.45, 7) is 8.40. The van der Waals surface area contributed by atoms with Gasteiger partial charge in [0.05, 0.1) is 24.2 Å². The van der Waals surface area contributed by atoms with Gasteiger partial charge >= 0.3 is 0 Å². The van der Waals surface area contributed by atoms with Crippen molar-refractivity contribution in [3.05, 3.63) is 52.9 Å². The summed E-state index contributed by atoms with van der Waals surface area (Å²) in [6, 6.07) is 12.2. The van der Waals surface area contributed by atoms with Crippen molar-refractivity contribution in [2.45, 2.75) is 40.2 Å². The number of ether oxygens (including phenoxy) is 3. The summed E-state index contributed by atoms with van der Waals surface area (Å²) < 4.78 is 17.0. The number of imide groups is 1. The molecule has 2 aromatic carbocycles. The third kappa shape index (κ3) is 7.02. The molecule has 186 valence electrons. The molecule has 0 aliphatic carbocycles. The topological polar surface area (TPSA) is 94.2 Å². The Balaban J connectivity index is 1.68. The van der Waals surface area contributed by atoms with Crippen molar-refractivity contribution < 1.29 is 28.6 Å². The van der Waals surface area contributed by atoms with Crippen LogP contribution in [0, 0.1) is 0 Å². The molecule has 0 bridgehead atoms. The Morgan fingerprint density at radius 2 is 1.74 bits per heavy atom. The number of thioether (sulfide) groups is 1. The van der Waals surface area contributed by atoms with Gasteiger partial charge in [0, 0.05) is 5.69 Å². The summed E-state index contributed by atoms with van der Waals surface area (Å²) in [6.07, 6.45) is 2.50. The van der Waals surface area contributed by atoms with E-state index in [9.17, 15) is 14.4 Å². The molecule has 1 saturated heterocycles. The molecule has 9 heteroatoms. The van der Waals surface area contributed by atoms with Gasteiger partial charge in [0.15, 0.2) is 11.5 Å². The van der Waals surface area contributed by atoms with Crippen LogP contribution in [-0.4, -0.2) is 47.8 Å². The quantitative estimate of drug-likeness (QED) is 0.418. The minimum Gasteiger partial charge on any atom is -0.494 e. The van der Waals surface area contributed by atoms with E-state index in [4.69, 9.17) is 14.2 Å². The molecule has 3 amide bonds. The van der Waals surface area contributed by atoms with E-state index in [1.165, 1.54) is 0 Å². The van der Waals surface area contributed by atoms with E-state index >= 15 is 0 Å². The monoisotopic (exact) mass is 498 g/mol. The fourth-order valence-electron chi connectivity index (χ4n) is 3.21. The fraction of sp³-hybridized carbons (Fsp3) is 0.346. The lowest BCUT2D eigenvalue weighted by Gasteiger charge is -2.16. The Labute approximate surface area is 209 Å². The number of carbonyl (C=O) groups excluding carboxylic acids is 3. The van der Waals surface area contributed by atoms with E-state index in [1.54, 1.807) is 48.5 Å². The van der Waals surface area contributed by atoms with Crippen LogP contribution in [0.15, 0.2) is 47.4 Å². The van der Waals surface area contributed by atoms with Crippen molar-refractivity contribution in [1.29, 1.82) is 0 Å². The van der Waals surface area contributed by atoms with Crippen LogP contribution in [0.3, 0.4) is 0 Å². The average Bonchev–Trinajstić information content (AvgIpc) is 3.09. The third-order valence-electron chi connectivity index (χ3n) is 5.09. The molecule has 0 saturated carbocycles. The van der Waals surface area contributed by atoms with E-state index in [0.717, 1.165) is 23.1 Å². The summed E-state index contributed by atoms with van der Waals surface area (Å²) in [5.41, 5.74) is 1.23. The second-order valence-electron chi connectivity index (χ2n) is 7.75. The minimum absolute atomic E-state index is 0.0327. The summed E-state index contributed by atoms with van der Waals surface area (Å²) in [5, 5.41) is 2.20. The summed E-state index contributed by atoms with van der Waals surface area (Å²) in [4.78, 5) is 38.9. The van der Waals surface area contributed by atoms with Gasteiger partial charge < -0.3 is 19.5 Å². The van der Waals surface area contributed by atoms with Crippen LogP contribution in [-0.2, 0) is 9.59 Å². The molecular weight excluding hydrogens is 468 g/mol. The van der Waals surface area contributed by atoms with Gasteiger partial charge in [-0.1, -0.05) is 13.0 Å². The third-order valence-corrected chi connectivity index (χ3v) is 6.00. The number of hydrogen-bond donors (Lipinski definition) is 1. The van der Waals surface area contributed by atoms with Gasteiger partial charge in [-0.3, -0.25) is 19.3 Å². The molecule has 1 atom stereocenters. The highest BCUT2D eigenvalue weighted by Crippen LogP contribution is 2.35. The van der Waals surface area contributed by atoms with Crippen molar-refractivity contribution in [1.82, 2.24) is 4.90 Å². The fourth-order valence-corrected chi connectivity index (χ4v) is 4.05. The Hall–Kier alpha value is -3.46. The van der Waals surface area contributed by atoms with E-state index in [0.29, 0.717) is 41.7 Å². The van der Waals surface area contributed by atoms with E-state index in [1.807, 2.05) is 27.7 Å². The maximum absolute atomic E-state index is 12.9. The maximum atomic E-state index is 12.9. The van der Waals surface area contributed by atoms with Crippen LogP contribution in [0.2, 0.25) is 0 Å². The van der Waals surface area contributed by atoms with Crippen molar-refractivity contribution in [2.75, 3.05) is 25.1 Å². The van der Waals surface area contributed by atoms with E-state index < -0.39 is 17.1 Å². The Kier molecular flexibility index (Phi) is 9.19. The molecule has 35 heavy (non-hydrogen) atoms. The highest BCUT2D eigenvalue weighted by Gasteiger charge is 2.36. The number of benzene rings is 2. The van der Waals surface area contributed by atoms with E-state index in [2.05, 4.69) is 5.32 Å². The molecular formula is C26H30N2O6S. The molecule has 1 heterocycles. The lowest BCUT2D eigenvalue weighted by molar-refractivity contribution is -0.127. The summed E-state index contributed by atoms with van der Waals surface area (Å²) in [7, 11) is 0. The number of nitrogens with one attached hydrogen (secondary N) is 1. The molecule has 1 aliphatic rings. The zero-order valence-corrected chi connectivity index (χ0v) is 21.1. The maximum Gasteiger partial charge on any atom is 0.294 e. The molecule has 1 aliphatic heterocycles. The van der Waals surface area contributed by atoms with Crippen LogP contribution in [0.5, 0.6) is 17.2 Å². The molecule has 8 nitrogen and oxygen atoms in total. The number of rotatable bonds is 11. The van der Waals surface area contributed by atoms with E-state index in [-0.39, 0.29) is 17.6 Å². The van der Waals surface area contributed by atoms with Crippen molar-refractivity contribution >= 4 is 40.6 Å². The first-order chi connectivity index (χ1) is 16.8. The first-order valence-electron chi connectivity index (χ1n) is 11.6. The first-order valence-corrected chi connectivity index (χ1v) is 12.4. The SMILES string of the molecule is CCOc1ccc(NC(=O)CN2C(=O)S/C(=C/c3ccc(O[C@@H](C)CC)c(OCC)c3)C2=O)cc1. The standard InChI is InChI=1S/C26H30N2O6S/c1-5-17(4)34-21-13-8-18(14-22(21)33-7-3)15-23-25(30)28(26(31)35-23)16-24(29)27-19-9-11-20(12-10-19)32-6-2/h8-15,17H,5-7,16H2,1-4H3,(H,27,29)/b23-15+/t17-/m0/s1. The Morgan fingerprint density at radius 1 is 1.03 bits per heavy atom. The zero-order chi connectivity index (χ0) is 25.4. The normalized spacial score (nSPS) is 15.3. The van der Waals surface area contributed by atoms with Crippen LogP contribution in [0.25, 0.3) is 6.08 Å². The number of hydrogen-bond acceptors (Lipinski definition) is 7. The zero-order valence-electron chi connectivity index (χ0n) is 20.3. The first kappa shape index (κ1) is 26.2. The number of carbonyl (C=O) groups is 3. The van der Waals surface area contributed by atoms with Gasteiger partial charge in [-0.25, -0.2) is 0 Å². The average molecular weight is 499 g/mol. The predicted molar refractivity (Wildman–Crippen MR) is 137 cm³/mol. The molecule has 0 aromatic heterocycles. The largest absolute Gasteiger partial charge is 0.494 e. The lowest BCUT2D eigenvalue weighted by Crippen LogP contribution is -2.36. The molecule has 0 spiro atoms. The molecule has 3 rings (SSSR count). The number of nitrogens with zero attached hydrogens (tertiary/aromatic N) is 1. The Bertz CT molecular complexity index is 1100. The van der Waals surface area contributed by atoms with Gasteiger partial charge in [-0.05, 0) is 87.0 Å². The summed E-state index contributed by atoms with van der Waals surface area (Å²) in [5.74, 6) is 0.893. The molecule has 0 unspecified atom stereocenters. The van der Waals surface area contributed by atoms with Crippen LogP contribution >= 0.6 is 11.8 Å². The van der Waals surface area contributed by atoms with Gasteiger partial charge in [0.25, 0.3) is 11.1 Å². The van der Waals surface area contributed by atoms with Crippen LogP contribution < -0.4 is 19.5 Å². The second kappa shape index (κ2) is 12.3. The van der Waals surface area contributed by atoms with Crippen molar-refractivity contribution in [3.8, 4) is 17.2 Å². The summed E-state index contributed by atoms with van der Waals surface area (Å²) >= 11 is 0.800. The number of amides is 3. The molecule has 1 N–H and O–H groups in total. The van der Waals surface area contributed by atoms with Crippen molar-refractivity contribution in [3.63, 3.8) is 0 Å². The molecule has 1 fully saturated rings. The van der Waals surface area contributed by atoms with Gasteiger partial charge in [0.1, 0.15) is 12.3 Å². The predicted octanol–water partition coefficient (Wildman–Crippen LogP) is 5.34. The van der Waals surface area contributed by atoms with Gasteiger partial charge in [0.2, 0.25) is 5.91 Å². The van der Waals surface area contributed by atoms with Crippen molar-refractivity contribution in [2.24, 2.45) is 0 Å². The smallest absolute Gasteiger partial charge is 0.294 e. The van der Waals surface area contributed by atoms with Crippen LogP contribution in [0.1, 0.15) is 39.7 Å². The van der Waals surface area contributed by atoms with Crippen LogP contribution in [0.4, 0.5) is 10.5 Å². The van der Waals surface area contributed by atoms with Gasteiger partial charge in [-0.15, -0.1) is 0 Å². The second-order valence-corrected chi connectivity index (χ2v) is 8.74. The molecule has 2 aromatic rings. The van der Waals surface area contributed by atoms with Gasteiger partial charge in [-0.2, -0.15) is 0 Å². The highest BCUT2D eigenvalue weighted by atomic mass is 32.2. The Morgan fingerprint density at radius 3 is 2.40 bits per heavy atom. The number of anilines is 1. The minimum atomic E-state index is -0.514. The molecule has 0 radical (unpaired) electrons.